The molecule has 3 rings (SSSR count). The number of carbonyl (C=O) groups is 1. The van der Waals surface area contributed by atoms with E-state index in [4.69, 9.17) is 11.6 Å². The fraction of sp³-hybridized carbons (Fsp3) is 0.333. The molecule has 20 heavy (non-hydrogen) atoms. The number of rotatable bonds is 3. The van der Waals surface area contributed by atoms with Crippen molar-refractivity contribution in [2.75, 3.05) is 13.1 Å². The molecule has 1 aromatic carbocycles. The van der Waals surface area contributed by atoms with Crippen molar-refractivity contribution >= 4 is 17.5 Å². The van der Waals surface area contributed by atoms with Crippen molar-refractivity contribution in [3.63, 3.8) is 0 Å². The predicted octanol–water partition coefficient (Wildman–Crippen LogP) is 2.77. The average Bonchev–Trinajstić information content (AvgIpc) is 3.18. The third-order valence-electron chi connectivity index (χ3n) is 3.55. The molecule has 2 heterocycles. The smallest absolute Gasteiger partial charge is 0.245 e. The minimum atomic E-state index is -0.648. The first-order valence-electron chi connectivity index (χ1n) is 6.78. The summed E-state index contributed by atoms with van der Waals surface area (Å²) in [5, 5.41) is 3.63. The largest absolute Gasteiger partial charge is 0.341 e. The van der Waals surface area contributed by atoms with Crippen LogP contribution in [0.4, 0.5) is 0 Å². The van der Waals surface area contributed by atoms with Crippen LogP contribution in [0.5, 0.6) is 0 Å². The molecule has 4 nitrogen and oxygen atoms in total. The van der Waals surface area contributed by atoms with Gasteiger partial charge in [0.05, 0.1) is 11.9 Å². The highest BCUT2D eigenvalue weighted by atomic mass is 35.5. The SMILES string of the molecule is O=C(C(Cl)c1cnn(-c2ccccc2)c1)N1CCCC1. The Kier molecular flexibility index (Phi) is 3.74. The molecular weight excluding hydrogens is 274 g/mol. The van der Waals surface area contributed by atoms with Crippen molar-refractivity contribution in [2.45, 2.75) is 18.2 Å². The van der Waals surface area contributed by atoms with Crippen molar-refractivity contribution < 1.29 is 4.79 Å². The van der Waals surface area contributed by atoms with Crippen LogP contribution in [-0.2, 0) is 4.79 Å². The molecule has 0 radical (unpaired) electrons. The Morgan fingerprint density at radius 3 is 2.60 bits per heavy atom. The van der Waals surface area contributed by atoms with Crippen LogP contribution in [0.2, 0.25) is 0 Å². The zero-order valence-electron chi connectivity index (χ0n) is 11.1. The molecule has 1 atom stereocenters. The van der Waals surface area contributed by atoms with Crippen LogP contribution in [-0.4, -0.2) is 33.7 Å². The van der Waals surface area contributed by atoms with E-state index < -0.39 is 5.38 Å². The summed E-state index contributed by atoms with van der Waals surface area (Å²) >= 11 is 6.29. The number of alkyl halides is 1. The number of hydrogen-bond donors (Lipinski definition) is 0. The highest BCUT2D eigenvalue weighted by molar-refractivity contribution is 6.30. The minimum Gasteiger partial charge on any atom is -0.341 e. The molecule has 0 bridgehead atoms. The summed E-state index contributed by atoms with van der Waals surface area (Å²) in [6, 6.07) is 9.77. The van der Waals surface area contributed by atoms with E-state index in [9.17, 15) is 4.79 Å². The number of carbonyl (C=O) groups excluding carboxylic acids is 1. The second-order valence-corrected chi connectivity index (χ2v) is 5.39. The van der Waals surface area contributed by atoms with E-state index >= 15 is 0 Å². The van der Waals surface area contributed by atoms with E-state index in [0.29, 0.717) is 0 Å². The highest BCUT2D eigenvalue weighted by Gasteiger charge is 2.26. The van der Waals surface area contributed by atoms with Gasteiger partial charge in [0.15, 0.2) is 0 Å². The number of amides is 1. The number of para-hydroxylation sites is 1. The van der Waals surface area contributed by atoms with Gasteiger partial charge in [-0.05, 0) is 25.0 Å². The van der Waals surface area contributed by atoms with E-state index in [0.717, 1.165) is 37.2 Å². The summed E-state index contributed by atoms with van der Waals surface area (Å²) < 4.78 is 1.74. The molecule has 2 aromatic rings. The topological polar surface area (TPSA) is 38.1 Å². The van der Waals surface area contributed by atoms with Crippen molar-refractivity contribution in [2.24, 2.45) is 0 Å². The molecule has 0 spiro atoms. The molecule has 104 valence electrons. The molecule has 1 saturated heterocycles. The van der Waals surface area contributed by atoms with Gasteiger partial charge < -0.3 is 4.90 Å². The van der Waals surface area contributed by atoms with Gasteiger partial charge in [0, 0.05) is 24.8 Å². The molecule has 1 aliphatic rings. The second-order valence-electron chi connectivity index (χ2n) is 4.95. The first kappa shape index (κ1) is 13.2. The summed E-state index contributed by atoms with van der Waals surface area (Å²) in [5.41, 5.74) is 1.70. The van der Waals surface area contributed by atoms with Gasteiger partial charge in [0.2, 0.25) is 5.91 Å². The van der Waals surface area contributed by atoms with Crippen LogP contribution in [0.15, 0.2) is 42.7 Å². The average molecular weight is 290 g/mol. The number of halogens is 1. The zero-order valence-corrected chi connectivity index (χ0v) is 11.8. The number of aromatic nitrogens is 2. The van der Waals surface area contributed by atoms with Crippen LogP contribution < -0.4 is 0 Å². The van der Waals surface area contributed by atoms with Crippen molar-refractivity contribution in [1.29, 1.82) is 0 Å². The van der Waals surface area contributed by atoms with E-state index in [-0.39, 0.29) is 5.91 Å². The molecule has 1 aliphatic heterocycles. The van der Waals surface area contributed by atoms with Crippen LogP contribution in [0.1, 0.15) is 23.8 Å². The van der Waals surface area contributed by atoms with Crippen LogP contribution in [0.3, 0.4) is 0 Å². The van der Waals surface area contributed by atoms with Gasteiger partial charge in [0.1, 0.15) is 5.38 Å². The predicted molar refractivity (Wildman–Crippen MR) is 78.0 cm³/mol. The fourth-order valence-corrected chi connectivity index (χ4v) is 2.68. The van der Waals surface area contributed by atoms with Gasteiger partial charge in [0.25, 0.3) is 0 Å². The molecule has 1 unspecified atom stereocenters. The van der Waals surface area contributed by atoms with E-state index in [2.05, 4.69) is 5.10 Å². The highest BCUT2D eigenvalue weighted by Crippen LogP contribution is 2.25. The van der Waals surface area contributed by atoms with Crippen LogP contribution >= 0.6 is 11.6 Å². The maximum Gasteiger partial charge on any atom is 0.245 e. The Morgan fingerprint density at radius 1 is 1.20 bits per heavy atom. The summed E-state index contributed by atoms with van der Waals surface area (Å²) in [5.74, 6) is -0.0169. The number of likely N-dealkylation sites (tertiary alicyclic amines) is 1. The van der Waals surface area contributed by atoms with Crippen LogP contribution in [0.25, 0.3) is 5.69 Å². The summed E-state index contributed by atoms with van der Waals surface area (Å²) in [4.78, 5) is 14.1. The van der Waals surface area contributed by atoms with Gasteiger partial charge in [-0.15, -0.1) is 11.6 Å². The Hall–Kier alpha value is -1.81. The third-order valence-corrected chi connectivity index (χ3v) is 3.99. The summed E-state index contributed by atoms with van der Waals surface area (Å²) in [6.45, 7) is 1.63. The monoisotopic (exact) mass is 289 g/mol. The van der Waals surface area contributed by atoms with Gasteiger partial charge >= 0.3 is 0 Å². The Morgan fingerprint density at radius 2 is 1.90 bits per heavy atom. The molecule has 5 heteroatoms. The van der Waals surface area contributed by atoms with Gasteiger partial charge in [-0.25, -0.2) is 4.68 Å². The van der Waals surface area contributed by atoms with E-state index in [1.54, 1.807) is 10.9 Å². The maximum atomic E-state index is 12.2. The Labute approximate surface area is 123 Å². The first-order valence-corrected chi connectivity index (χ1v) is 7.22. The molecule has 0 N–H and O–H groups in total. The standard InChI is InChI=1S/C15H16ClN3O/c16-14(15(20)18-8-4-5-9-18)12-10-17-19(11-12)13-6-2-1-3-7-13/h1-3,6-7,10-11,14H,4-5,8-9H2. The lowest BCUT2D eigenvalue weighted by Gasteiger charge is -2.17. The van der Waals surface area contributed by atoms with E-state index in [1.165, 1.54) is 0 Å². The van der Waals surface area contributed by atoms with Crippen molar-refractivity contribution in [1.82, 2.24) is 14.7 Å². The van der Waals surface area contributed by atoms with Crippen LogP contribution in [0, 0.1) is 0 Å². The zero-order chi connectivity index (χ0) is 13.9. The first-order chi connectivity index (χ1) is 9.75. The third kappa shape index (κ3) is 2.56. The lowest BCUT2D eigenvalue weighted by Crippen LogP contribution is -2.30. The number of nitrogens with zero attached hydrogens (tertiary/aromatic N) is 3. The van der Waals surface area contributed by atoms with Gasteiger partial charge in [-0.2, -0.15) is 5.10 Å². The molecule has 1 aromatic heterocycles. The fourth-order valence-electron chi connectivity index (χ4n) is 2.43. The lowest BCUT2D eigenvalue weighted by atomic mass is 10.2. The minimum absolute atomic E-state index is 0.0169. The molecule has 1 fully saturated rings. The molecular formula is C15H16ClN3O. The van der Waals surface area contributed by atoms with Gasteiger partial charge in [-0.3, -0.25) is 4.79 Å². The number of hydrogen-bond acceptors (Lipinski definition) is 2. The van der Waals surface area contributed by atoms with Gasteiger partial charge in [-0.1, -0.05) is 18.2 Å². The van der Waals surface area contributed by atoms with Crippen molar-refractivity contribution in [3.8, 4) is 5.69 Å². The number of benzene rings is 1. The summed E-state index contributed by atoms with van der Waals surface area (Å²) in [7, 11) is 0. The second kappa shape index (κ2) is 5.67. The van der Waals surface area contributed by atoms with Crippen molar-refractivity contribution in [3.05, 3.63) is 48.3 Å². The maximum absolute atomic E-state index is 12.2. The Balaban J connectivity index is 1.77. The summed E-state index contributed by atoms with van der Waals surface area (Å²) in [6.07, 6.45) is 5.62. The lowest BCUT2D eigenvalue weighted by molar-refractivity contribution is -0.129. The normalized spacial score (nSPS) is 16.4. The quantitative estimate of drug-likeness (QED) is 0.815. The molecule has 0 aliphatic carbocycles. The Bertz CT molecular complexity index is 590. The molecule has 1 amide bonds. The molecule has 0 saturated carbocycles. The van der Waals surface area contributed by atoms with E-state index in [1.807, 2.05) is 41.4 Å².